The Kier molecular flexibility index (Phi) is 5.55. The topological polar surface area (TPSA) is 123 Å². The molecule has 192 valence electrons. The fourth-order valence-corrected chi connectivity index (χ4v) is 8.80. The minimum atomic E-state index is -1.76. The highest BCUT2D eigenvalue weighted by Crippen LogP contribution is 2.70. The molecule has 3 N–H and O–H groups in total. The average molecular weight is 485 g/mol. The highest BCUT2D eigenvalue weighted by Gasteiger charge is 2.74. The summed E-state index contributed by atoms with van der Waals surface area (Å²) < 4.78 is 32.5. The molecular formula is C25H37FO8. The summed E-state index contributed by atoms with van der Waals surface area (Å²) in [4.78, 5) is 24.2. The monoisotopic (exact) mass is 484 g/mol. The number of hydrogen-bond acceptors (Lipinski definition) is 8. The predicted molar refractivity (Wildman–Crippen MR) is 116 cm³/mol. The molecule has 8 nitrogen and oxygen atoms in total. The van der Waals surface area contributed by atoms with Crippen molar-refractivity contribution < 1.29 is 43.5 Å². The number of ether oxygens (including phenoxy) is 3. The van der Waals surface area contributed by atoms with Gasteiger partial charge in [-0.15, -0.1) is 0 Å². The van der Waals surface area contributed by atoms with Crippen LogP contribution in [0.15, 0.2) is 0 Å². The van der Waals surface area contributed by atoms with Gasteiger partial charge in [-0.25, -0.2) is 4.39 Å². The summed E-state index contributed by atoms with van der Waals surface area (Å²) >= 11 is 0. The first-order valence-electron chi connectivity index (χ1n) is 12.5. The van der Waals surface area contributed by atoms with Crippen LogP contribution in [0.3, 0.4) is 0 Å². The van der Waals surface area contributed by atoms with Crippen LogP contribution in [0.5, 0.6) is 0 Å². The lowest BCUT2D eigenvalue weighted by atomic mass is 9.41. The van der Waals surface area contributed by atoms with Crippen LogP contribution in [-0.2, 0) is 23.8 Å². The van der Waals surface area contributed by atoms with Crippen LogP contribution in [-0.4, -0.2) is 76.2 Å². The quantitative estimate of drug-likeness (QED) is 0.517. The number of Topliss-reactive ketones (excluding diaryl/α,β-unsaturated/α-hetero) is 1. The number of esters is 1. The fourth-order valence-electron chi connectivity index (χ4n) is 8.80. The SMILES string of the molecule is CC(=O)OCC(=O)[C@@]1(O)CC[C@@H]2[C@@H]3C[C@H](F)[C@@]4(O)CC5(CC[C@]4(C)[C@@H]3[C@@H](O)C[C@@]21C)OCCO5. The molecule has 1 spiro atoms. The highest BCUT2D eigenvalue weighted by atomic mass is 19.1. The molecule has 4 saturated carbocycles. The van der Waals surface area contributed by atoms with Crippen molar-refractivity contribution in [1.29, 1.82) is 0 Å². The second kappa shape index (κ2) is 7.68. The number of aliphatic hydroxyl groups is 3. The Morgan fingerprint density at radius 2 is 1.76 bits per heavy atom. The Bertz CT molecular complexity index is 875. The van der Waals surface area contributed by atoms with Gasteiger partial charge >= 0.3 is 5.97 Å². The molecule has 0 aromatic rings. The molecular weight excluding hydrogens is 447 g/mol. The Balaban J connectivity index is 1.47. The Morgan fingerprint density at radius 1 is 1.09 bits per heavy atom. The maximum absolute atomic E-state index is 16.0. The normalized spacial score (nSPS) is 51.4. The van der Waals surface area contributed by atoms with Gasteiger partial charge in [-0.1, -0.05) is 13.8 Å². The predicted octanol–water partition coefficient (Wildman–Crippen LogP) is 1.67. The number of alkyl halides is 1. The van der Waals surface area contributed by atoms with Gasteiger partial charge in [0, 0.05) is 30.6 Å². The van der Waals surface area contributed by atoms with Crippen molar-refractivity contribution in [2.45, 2.75) is 95.0 Å². The standard InChI is InChI=1S/C25H37FO8/c1-14(27)32-12-19(29)24(30)5-4-16-15-10-18(26)25(31)13-23(33-8-9-34-23)7-6-21(25,2)20(15)17(28)11-22(16,24)3/h15-18,20,28,30-31H,4-13H2,1-3H3/t15-,16+,17-,18-,20-,21+,22-,24-,25-/m0/s1. The molecule has 5 rings (SSSR count). The summed E-state index contributed by atoms with van der Waals surface area (Å²) in [5.41, 5.74) is -5.35. The molecule has 0 radical (unpaired) electrons. The zero-order valence-corrected chi connectivity index (χ0v) is 20.2. The third-order valence-electron chi connectivity index (χ3n) is 10.6. The molecule has 0 aromatic heterocycles. The molecule has 9 atom stereocenters. The maximum Gasteiger partial charge on any atom is 0.303 e. The lowest BCUT2D eigenvalue weighted by molar-refractivity contribution is -0.315. The van der Waals surface area contributed by atoms with E-state index in [1.54, 1.807) is 6.92 Å². The van der Waals surface area contributed by atoms with E-state index in [0.29, 0.717) is 32.5 Å². The van der Waals surface area contributed by atoms with Crippen LogP contribution in [0.25, 0.3) is 0 Å². The summed E-state index contributed by atoms with van der Waals surface area (Å²) in [6, 6.07) is 0. The first-order chi connectivity index (χ1) is 15.8. The highest BCUT2D eigenvalue weighted by molar-refractivity contribution is 5.91. The van der Waals surface area contributed by atoms with Gasteiger partial charge in [-0.05, 0) is 49.9 Å². The summed E-state index contributed by atoms with van der Waals surface area (Å²) in [5.74, 6) is -3.05. The first kappa shape index (κ1) is 24.6. The van der Waals surface area contributed by atoms with Gasteiger partial charge in [0.2, 0.25) is 5.78 Å². The van der Waals surface area contributed by atoms with E-state index >= 15 is 4.39 Å². The maximum atomic E-state index is 16.0. The van der Waals surface area contributed by atoms with Crippen LogP contribution in [0.4, 0.5) is 4.39 Å². The smallest absolute Gasteiger partial charge is 0.303 e. The van der Waals surface area contributed by atoms with Crippen LogP contribution >= 0.6 is 0 Å². The number of ketones is 1. The first-order valence-corrected chi connectivity index (χ1v) is 12.5. The molecule has 5 aliphatic rings. The minimum Gasteiger partial charge on any atom is -0.458 e. The van der Waals surface area contributed by atoms with Gasteiger partial charge in [-0.3, -0.25) is 9.59 Å². The van der Waals surface area contributed by atoms with Crippen molar-refractivity contribution >= 4 is 11.8 Å². The Labute approximate surface area is 199 Å². The molecule has 0 amide bonds. The molecule has 1 saturated heterocycles. The second-order valence-corrected chi connectivity index (χ2v) is 11.9. The molecule has 4 aliphatic carbocycles. The lowest BCUT2D eigenvalue weighted by Crippen LogP contribution is -2.72. The summed E-state index contributed by atoms with van der Waals surface area (Å²) in [5, 5.41) is 34.9. The van der Waals surface area contributed by atoms with E-state index in [-0.39, 0.29) is 43.4 Å². The van der Waals surface area contributed by atoms with E-state index in [1.807, 2.05) is 6.92 Å². The molecule has 0 bridgehead atoms. The summed E-state index contributed by atoms with van der Waals surface area (Å²) in [6.45, 7) is 5.17. The van der Waals surface area contributed by atoms with Crippen molar-refractivity contribution in [2.24, 2.45) is 28.6 Å². The fraction of sp³-hybridized carbons (Fsp3) is 0.920. The zero-order valence-electron chi connectivity index (χ0n) is 20.2. The third kappa shape index (κ3) is 3.06. The number of fused-ring (bicyclic) bond motifs is 5. The number of rotatable bonds is 3. The van der Waals surface area contributed by atoms with E-state index in [0.717, 1.165) is 0 Å². The van der Waals surface area contributed by atoms with Crippen LogP contribution < -0.4 is 0 Å². The number of hydrogen-bond donors (Lipinski definition) is 3. The van der Waals surface area contributed by atoms with Crippen LogP contribution in [0.1, 0.15) is 65.7 Å². The van der Waals surface area contributed by atoms with Gasteiger partial charge in [-0.2, -0.15) is 0 Å². The number of aliphatic hydroxyl groups excluding tert-OH is 1. The van der Waals surface area contributed by atoms with Crippen LogP contribution in [0, 0.1) is 28.6 Å². The van der Waals surface area contributed by atoms with Crippen molar-refractivity contribution in [2.75, 3.05) is 19.8 Å². The molecule has 0 unspecified atom stereocenters. The van der Waals surface area contributed by atoms with E-state index in [1.165, 1.54) is 6.92 Å². The lowest BCUT2D eigenvalue weighted by Gasteiger charge is -2.66. The molecule has 0 aromatic carbocycles. The van der Waals surface area contributed by atoms with Crippen LogP contribution in [0.2, 0.25) is 0 Å². The minimum absolute atomic E-state index is 0.0281. The Morgan fingerprint density at radius 3 is 2.41 bits per heavy atom. The van der Waals surface area contributed by atoms with Gasteiger partial charge in [0.1, 0.15) is 17.4 Å². The van der Waals surface area contributed by atoms with Gasteiger partial charge in [0.05, 0.1) is 19.3 Å². The van der Waals surface area contributed by atoms with Crippen molar-refractivity contribution in [3.63, 3.8) is 0 Å². The molecule has 34 heavy (non-hydrogen) atoms. The van der Waals surface area contributed by atoms with Gasteiger partial charge in [0.25, 0.3) is 0 Å². The number of carbonyl (C=O) groups excluding carboxylic acids is 2. The number of halogens is 1. The van der Waals surface area contributed by atoms with Gasteiger partial charge in [0.15, 0.2) is 12.4 Å². The second-order valence-electron chi connectivity index (χ2n) is 11.9. The summed E-state index contributed by atoms with van der Waals surface area (Å²) in [7, 11) is 0. The Hall–Kier alpha value is -1.13. The zero-order chi connectivity index (χ0) is 24.7. The van der Waals surface area contributed by atoms with Crippen molar-refractivity contribution in [1.82, 2.24) is 0 Å². The number of carbonyl (C=O) groups is 2. The van der Waals surface area contributed by atoms with Crippen molar-refractivity contribution in [3.8, 4) is 0 Å². The molecule has 1 heterocycles. The van der Waals surface area contributed by atoms with E-state index in [2.05, 4.69) is 0 Å². The van der Waals surface area contributed by atoms with E-state index in [4.69, 9.17) is 14.2 Å². The van der Waals surface area contributed by atoms with Gasteiger partial charge < -0.3 is 29.5 Å². The molecule has 5 fully saturated rings. The average Bonchev–Trinajstić information content (AvgIpc) is 3.31. The van der Waals surface area contributed by atoms with E-state index < -0.39 is 58.5 Å². The van der Waals surface area contributed by atoms with E-state index in [9.17, 15) is 24.9 Å². The van der Waals surface area contributed by atoms with Crippen molar-refractivity contribution in [3.05, 3.63) is 0 Å². The largest absolute Gasteiger partial charge is 0.458 e. The summed E-state index contributed by atoms with van der Waals surface area (Å²) in [6.07, 6.45) is -0.621. The molecule has 1 aliphatic heterocycles. The molecule has 9 heteroatoms. The third-order valence-corrected chi connectivity index (χ3v) is 10.6.